The molecule has 1 aliphatic rings. The lowest BCUT2D eigenvalue weighted by Crippen LogP contribution is -2.40. The van der Waals surface area contributed by atoms with E-state index >= 15 is 0 Å². The Balaban J connectivity index is 2.58. The van der Waals surface area contributed by atoms with Gasteiger partial charge in [-0.05, 0) is 26.7 Å². The molecule has 1 fully saturated rings. The van der Waals surface area contributed by atoms with Gasteiger partial charge in [0.15, 0.2) is 0 Å². The van der Waals surface area contributed by atoms with Gasteiger partial charge in [0.2, 0.25) is 0 Å². The number of carbonyl (C=O) groups is 3. The monoisotopic (exact) mass is 226 g/mol. The van der Waals surface area contributed by atoms with E-state index in [0.29, 0.717) is 25.9 Å². The Hall–Kier alpha value is -1.19. The minimum atomic E-state index is -0.953. The van der Waals surface area contributed by atoms with Crippen molar-refractivity contribution >= 4 is 17.5 Å². The minimum absolute atomic E-state index is 0.0342. The molecule has 0 heterocycles. The fourth-order valence-electron chi connectivity index (χ4n) is 1.98. The third-order valence-corrected chi connectivity index (χ3v) is 3.17. The van der Waals surface area contributed by atoms with Gasteiger partial charge in [-0.15, -0.1) is 0 Å². The van der Waals surface area contributed by atoms with Gasteiger partial charge in [-0.1, -0.05) is 0 Å². The SMILES string of the molecule is CCOC(=O)CCC1(C)C(=O)CCCC1=O. The number of hydrogen-bond donors (Lipinski definition) is 0. The number of ketones is 2. The van der Waals surface area contributed by atoms with Crippen molar-refractivity contribution in [3.63, 3.8) is 0 Å². The van der Waals surface area contributed by atoms with Crippen LogP contribution in [0, 0.1) is 5.41 Å². The average Bonchev–Trinajstić information content (AvgIpc) is 2.24. The summed E-state index contributed by atoms with van der Waals surface area (Å²) in [6, 6.07) is 0. The molecule has 4 nitrogen and oxygen atoms in total. The molecule has 16 heavy (non-hydrogen) atoms. The van der Waals surface area contributed by atoms with Crippen LogP contribution in [0.25, 0.3) is 0 Å². The summed E-state index contributed by atoms with van der Waals surface area (Å²) in [4.78, 5) is 34.6. The summed E-state index contributed by atoms with van der Waals surface area (Å²) in [5, 5.41) is 0. The fourth-order valence-corrected chi connectivity index (χ4v) is 1.98. The maximum absolute atomic E-state index is 11.7. The zero-order valence-corrected chi connectivity index (χ0v) is 9.88. The second kappa shape index (κ2) is 5.23. The number of hydrogen-bond acceptors (Lipinski definition) is 4. The molecule has 0 spiro atoms. The summed E-state index contributed by atoms with van der Waals surface area (Å²) in [5.74, 6) is -0.406. The number of esters is 1. The van der Waals surface area contributed by atoms with Crippen molar-refractivity contribution < 1.29 is 19.1 Å². The summed E-state index contributed by atoms with van der Waals surface area (Å²) in [7, 11) is 0. The van der Waals surface area contributed by atoms with Gasteiger partial charge in [0.1, 0.15) is 11.6 Å². The predicted molar refractivity (Wildman–Crippen MR) is 57.8 cm³/mol. The van der Waals surface area contributed by atoms with Gasteiger partial charge in [0, 0.05) is 19.3 Å². The molecule has 1 aliphatic carbocycles. The molecule has 0 aliphatic heterocycles. The van der Waals surface area contributed by atoms with E-state index in [2.05, 4.69) is 0 Å². The lowest BCUT2D eigenvalue weighted by Gasteiger charge is -2.29. The number of carbonyl (C=O) groups excluding carboxylic acids is 3. The van der Waals surface area contributed by atoms with Crippen molar-refractivity contribution in [3.8, 4) is 0 Å². The van der Waals surface area contributed by atoms with Crippen LogP contribution in [0.2, 0.25) is 0 Å². The molecule has 4 heteroatoms. The lowest BCUT2D eigenvalue weighted by atomic mass is 9.71. The molecule has 0 bridgehead atoms. The first-order chi connectivity index (χ1) is 7.50. The molecule has 0 aromatic heterocycles. The minimum Gasteiger partial charge on any atom is -0.466 e. The van der Waals surface area contributed by atoms with Gasteiger partial charge in [-0.3, -0.25) is 14.4 Å². The van der Waals surface area contributed by atoms with Gasteiger partial charge in [-0.25, -0.2) is 0 Å². The first kappa shape index (κ1) is 12.9. The normalized spacial score (nSPS) is 19.6. The van der Waals surface area contributed by atoms with Crippen molar-refractivity contribution in [1.29, 1.82) is 0 Å². The number of rotatable bonds is 4. The first-order valence-electron chi connectivity index (χ1n) is 5.73. The quantitative estimate of drug-likeness (QED) is 0.540. The van der Waals surface area contributed by atoms with Crippen LogP contribution in [-0.4, -0.2) is 24.1 Å². The molecule has 0 unspecified atom stereocenters. The molecular formula is C12H18O4. The zero-order valence-electron chi connectivity index (χ0n) is 9.88. The van der Waals surface area contributed by atoms with Gasteiger partial charge in [0.25, 0.3) is 0 Å². The largest absolute Gasteiger partial charge is 0.466 e. The van der Waals surface area contributed by atoms with Gasteiger partial charge in [-0.2, -0.15) is 0 Å². The van der Waals surface area contributed by atoms with Crippen molar-refractivity contribution in [2.24, 2.45) is 5.41 Å². The second-order valence-electron chi connectivity index (χ2n) is 4.34. The molecule has 0 amide bonds. The third kappa shape index (κ3) is 2.68. The molecule has 90 valence electrons. The van der Waals surface area contributed by atoms with Crippen molar-refractivity contribution in [1.82, 2.24) is 0 Å². The summed E-state index contributed by atoms with van der Waals surface area (Å²) >= 11 is 0. The Morgan fingerprint density at radius 1 is 1.31 bits per heavy atom. The topological polar surface area (TPSA) is 60.4 Å². The van der Waals surface area contributed by atoms with Crippen molar-refractivity contribution in [2.75, 3.05) is 6.61 Å². The van der Waals surface area contributed by atoms with Gasteiger partial charge >= 0.3 is 5.97 Å². The standard InChI is InChI=1S/C12H18O4/c1-3-16-11(15)7-8-12(2)9(13)5-4-6-10(12)14/h3-8H2,1-2H3. The van der Waals surface area contributed by atoms with Crippen LogP contribution in [-0.2, 0) is 19.1 Å². The maximum Gasteiger partial charge on any atom is 0.305 e. The van der Waals surface area contributed by atoms with E-state index in [1.807, 2.05) is 0 Å². The van der Waals surface area contributed by atoms with Crippen molar-refractivity contribution in [2.45, 2.75) is 46.0 Å². The van der Waals surface area contributed by atoms with E-state index in [9.17, 15) is 14.4 Å². The Bertz CT molecular complexity index is 290. The molecule has 0 aromatic rings. The van der Waals surface area contributed by atoms with Gasteiger partial charge < -0.3 is 4.74 Å². The van der Waals surface area contributed by atoms with Crippen molar-refractivity contribution in [3.05, 3.63) is 0 Å². The van der Waals surface area contributed by atoms with Crippen LogP contribution in [0.1, 0.15) is 46.0 Å². The van der Waals surface area contributed by atoms with E-state index in [0.717, 1.165) is 0 Å². The number of ether oxygens (including phenoxy) is 1. The third-order valence-electron chi connectivity index (χ3n) is 3.17. The molecule has 0 aromatic carbocycles. The summed E-state index contributed by atoms with van der Waals surface area (Å²) in [6.45, 7) is 3.71. The van der Waals surface area contributed by atoms with Gasteiger partial charge in [0.05, 0.1) is 12.0 Å². The van der Waals surface area contributed by atoms with E-state index < -0.39 is 5.41 Å². The Labute approximate surface area is 95.3 Å². The highest BCUT2D eigenvalue weighted by Gasteiger charge is 2.42. The molecule has 0 radical (unpaired) electrons. The molecular weight excluding hydrogens is 208 g/mol. The van der Waals surface area contributed by atoms with Crippen LogP contribution in [0.5, 0.6) is 0 Å². The lowest BCUT2D eigenvalue weighted by molar-refractivity contribution is -0.147. The fraction of sp³-hybridized carbons (Fsp3) is 0.750. The summed E-state index contributed by atoms with van der Waals surface area (Å²) < 4.78 is 4.79. The molecule has 1 rings (SSSR count). The molecule has 0 N–H and O–H groups in total. The zero-order chi connectivity index (χ0) is 12.2. The van der Waals surface area contributed by atoms with Crippen LogP contribution >= 0.6 is 0 Å². The second-order valence-corrected chi connectivity index (χ2v) is 4.34. The Morgan fingerprint density at radius 3 is 2.38 bits per heavy atom. The van der Waals surface area contributed by atoms with Crippen LogP contribution in [0.15, 0.2) is 0 Å². The van der Waals surface area contributed by atoms with Crippen LogP contribution < -0.4 is 0 Å². The van der Waals surface area contributed by atoms with E-state index in [1.54, 1.807) is 13.8 Å². The Kier molecular flexibility index (Phi) is 4.21. The van der Waals surface area contributed by atoms with E-state index in [-0.39, 0.29) is 30.4 Å². The van der Waals surface area contributed by atoms with E-state index in [1.165, 1.54) is 0 Å². The highest BCUT2D eigenvalue weighted by atomic mass is 16.5. The maximum atomic E-state index is 11.7. The predicted octanol–water partition coefficient (Wildman–Crippen LogP) is 1.66. The summed E-state index contributed by atoms with van der Waals surface area (Å²) in [5.41, 5.74) is -0.953. The van der Waals surface area contributed by atoms with Crippen LogP contribution in [0.3, 0.4) is 0 Å². The first-order valence-corrected chi connectivity index (χ1v) is 5.73. The van der Waals surface area contributed by atoms with E-state index in [4.69, 9.17) is 4.74 Å². The highest BCUT2D eigenvalue weighted by molar-refractivity contribution is 6.08. The summed E-state index contributed by atoms with van der Waals surface area (Å²) in [6.07, 6.45) is 1.97. The molecule has 0 atom stereocenters. The Morgan fingerprint density at radius 2 is 1.88 bits per heavy atom. The van der Waals surface area contributed by atoms with Crippen LogP contribution in [0.4, 0.5) is 0 Å². The smallest absolute Gasteiger partial charge is 0.305 e. The molecule has 0 saturated heterocycles. The molecule has 1 saturated carbocycles. The number of Topliss-reactive ketones (excluding diaryl/α,β-unsaturated/α-hetero) is 2. The highest BCUT2D eigenvalue weighted by Crippen LogP contribution is 2.34. The average molecular weight is 226 g/mol.